The van der Waals surface area contributed by atoms with Crippen LogP contribution in [0, 0.1) is 0 Å². The van der Waals surface area contributed by atoms with Crippen LogP contribution in [0.3, 0.4) is 0 Å². The van der Waals surface area contributed by atoms with Crippen LogP contribution in [-0.4, -0.2) is 171 Å². The molecule has 3 amide bonds. The predicted molar refractivity (Wildman–Crippen MR) is 422 cm³/mol. The number of allylic oxidation sites excluding steroid dienone is 1. The van der Waals surface area contributed by atoms with Crippen LogP contribution in [0.25, 0.3) is 27.6 Å². The number of aromatic amines is 2. The maximum absolute atomic E-state index is 12.1. The molecule has 0 saturated heterocycles. The van der Waals surface area contributed by atoms with Gasteiger partial charge in [-0.1, -0.05) is 24.3 Å². The molecule has 0 bridgehead atoms. The molecule has 1 atom stereocenters. The third kappa shape index (κ3) is 26.2. The highest BCUT2D eigenvalue weighted by molar-refractivity contribution is 6.67. The van der Waals surface area contributed by atoms with Crippen molar-refractivity contribution in [3.63, 3.8) is 0 Å². The monoisotopic (exact) mass is 1550 g/mol. The van der Waals surface area contributed by atoms with Gasteiger partial charge in [-0.25, -0.2) is 0 Å². The second-order valence-electron chi connectivity index (χ2n) is 23.4. The van der Waals surface area contributed by atoms with Crippen molar-refractivity contribution in [3.05, 3.63) is 179 Å². The predicted octanol–water partition coefficient (Wildman–Crippen LogP) is 13.8. The summed E-state index contributed by atoms with van der Waals surface area (Å²) >= 11 is 14.9. The van der Waals surface area contributed by atoms with E-state index in [1.807, 2.05) is 161 Å². The van der Waals surface area contributed by atoms with Crippen LogP contribution >= 0.6 is 34.8 Å². The molecule has 1 aliphatic carbocycles. The first-order valence-corrected chi connectivity index (χ1v) is 36.5. The van der Waals surface area contributed by atoms with Crippen molar-refractivity contribution in [2.45, 2.75) is 65.8 Å². The number of carbonyl (C=O) groups excluding carboxylic acids is 4. The largest absolute Gasteiger partial charge is 0.508 e. The number of carbonyl (C=O) groups is 4. The zero-order valence-electron chi connectivity index (χ0n) is 63.0. The van der Waals surface area contributed by atoms with Crippen LogP contribution in [0.5, 0.6) is 74.7 Å². The normalized spacial score (nSPS) is 12.0. The van der Waals surface area contributed by atoms with E-state index in [2.05, 4.69) is 20.6 Å². The molecule has 7 N–H and O–H groups in total. The van der Waals surface area contributed by atoms with E-state index in [0.29, 0.717) is 106 Å². The number of aliphatic hydroxyl groups excluding tert-OH is 1. The summed E-state index contributed by atoms with van der Waals surface area (Å²) in [6, 6.07) is 38.4. The van der Waals surface area contributed by atoms with E-state index in [0.717, 1.165) is 128 Å². The number of hydrogen-bond donors (Lipinski definition) is 6. The summed E-state index contributed by atoms with van der Waals surface area (Å²) in [5, 5.41) is 16.3. The van der Waals surface area contributed by atoms with Gasteiger partial charge in [-0.15, -0.1) is 23.2 Å². The van der Waals surface area contributed by atoms with Crippen LogP contribution in [0.15, 0.2) is 140 Å². The molecule has 1 unspecified atom stereocenters. The van der Waals surface area contributed by atoms with Gasteiger partial charge < -0.3 is 97.9 Å². The van der Waals surface area contributed by atoms with E-state index >= 15 is 0 Å². The molecule has 0 radical (unpaired) electrons. The van der Waals surface area contributed by atoms with Gasteiger partial charge in [0.1, 0.15) is 47.0 Å². The number of nitrogens with one attached hydrogen (secondary N) is 4. The van der Waals surface area contributed by atoms with Gasteiger partial charge in [0.25, 0.3) is 5.91 Å². The van der Waals surface area contributed by atoms with Crippen molar-refractivity contribution in [1.82, 2.24) is 25.5 Å². The summed E-state index contributed by atoms with van der Waals surface area (Å²) < 4.78 is 70.9. The summed E-state index contributed by atoms with van der Waals surface area (Å²) in [5.41, 5.74) is 14.9. The Morgan fingerprint density at radius 1 is 0.519 bits per heavy atom. The van der Waals surface area contributed by atoms with Gasteiger partial charge in [-0.05, 0) is 214 Å². The summed E-state index contributed by atoms with van der Waals surface area (Å²) in [7, 11) is 11.4. The second kappa shape index (κ2) is 46.5. The van der Waals surface area contributed by atoms with Gasteiger partial charge in [0.2, 0.25) is 17.6 Å². The van der Waals surface area contributed by atoms with Crippen molar-refractivity contribution in [2.24, 2.45) is 5.73 Å². The second-order valence-corrected chi connectivity index (χ2v) is 24.4. The third-order valence-electron chi connectivity index (χ3n) is 16.5. The molecule has 3 heterocycles. The molecule has 0 saturated carbocycles. The zero-order chi connectivity index (χ0) is 78.3. The van der Waals surface area contributed by atoms with E-state index in [1.54, 1.807) is 60.9 Å². The molecule has 0 spiro atoms. The summed E-state index contributed by atoms with van der Waals surface area (Å²) in [6.45, 7) is 12.7. The van der Waals surface area contributed by atoms with Crippen LogP contribution in [0.4, 0.5) is 0 Å². The lowest BCUT2D eigenvalue weighted by atomic mass is 9.92. The van der Waals surface area contributed by atoms with Crippen LogP contribution in [-0.2, 0) is 51.3 Å². The first-order valence-electron chi connectivity index (χ1n) is 35.0. The van der Waals surface area contributed by atoms with Gasteiger partial charge in [-0.3, -0.25) is 19.2 Å². The minimum absolute atomic E-state index is 0.00734. The van der Waals surface area contributed by atoms with Crippen molar-refractivity contribution in [1.29, 1.82) is 0 Å². The average Bonchev–Trinajstić information content (AvgIpc) is 0.819. The summed E-state index contributed by atoms with van der Waals surface area (Å²) in [4.78, 5) is 52.4. The van der Waals surface area contributed by atoms with Crippen molar-refractivity contribution in [2.75, 3.05) is 127 Å². The highest BCUT2D eigenvalue weighted by Gasteiger charge is 2.30. The minimum Gasteiger partial charge on any atom is -0.508 e. The smallest absolute Gasteiger partial charge is 0.257 e. The molecule has 1 aliphatic heterocycles. The van der Waals surface area contributed by atoms with Crippen molar-refractivity contribution in [3.8, 4) is 74.7 Å². The fourth-order valence-electron chi connectivity index (χ4n) is 11.2. The van der Waals surface area contributed by atoms with E-state index in [1.165, 1.54) is 5.56 Å². The number of benzene rings is 7. The average molecular weight is 1550 g/mol. The number of aliphatic hydroxyl groups is 1. The van der Waals surface area contributed by atoms with Crippen LogP contribution in [0.2, 0.25) is 0 Å². The van der Waals surface area contributed by atoms with Gasteiger partial charge in [0, 0.05) is 59.4 Å². The Hall–Kier alpha value is -10.5. The minimum atomic E-state index is -0.508. The Bertz CT molecular complexity index is 4340. The maximum Gasteiger partial charge on any atom is 0.257 e. The summed E-state index contributed by atoms with van der Waals surface area (Å²) in [5.74, 6) is 9.33. The molecule has 2 aromatic heterocycles. The molecule has 24 nitrogen and oxygen atoms in total. The molecule has 27 heteroatoms. The number of halogens is 3. The number of nitrogens with two attached hydrogens (primary N) is 1. The lowest BCUT2D eigenvalue weighted by molar-refractivity contribution is -0.123. The van der Waals surface area contributed by atoms with Gasteiger partial charge in [-0.2, -0.15) is 0 Å². The van der Waals surface area contributed by atoms with E-state index in [9.17, 15) is 24.3 Å². The third-order valence-corrected chi connectivity index (χ3v) is 17.3. The Kier molecular flexibility index (Phi) is 37.2. The first-order chi connectivity index (χ1) is 52.4. The molecule has 108 heavy (non-hydrogen) atoms. The highest BCUT2D eigenvalue weighted by Crippen LogP contribution is 2.40. The fraction of sp³-hybridized carbons (Fsp3) is 0.358. The number of aromatic nitrogens is 2. The number of hydrogen-bond acceptors (Lipinski definition) is 19. The first kappa shape index (κ1) is 86.4. The van der Waals surface area contributed by atoms with E-state index < -0.39 is 5.24 Å². The van der Waals surface area contributed by atoms with Crippen molar-refractivity contribution < 1.29 is 85.9 Å². The van der Waals surface area contributed by atoms with Gasteiger partial charge in [0.15, 0.2) is 52.6 Å². The fourth-order valence-corrected chi connectivity index (χ4v) is 11.3. The lowest BCUT2D eigenvalue weighted by Crippen LogP contribution is -2.37. The Labute approximate surface area is 646 Å². The topological polar surface area (TPSA) is 293 Å². The maximum atomic E-state index is 12.1. The quantitative estimate of drug-likeness (QED) is 0.0130. The molecule has 0 fully saturated rings. The molecule has 7 aromatic carbocycles. The number of amides is 3. The number of alkyl halides is 2. The number of fused-ring (bicyclic) bond motifs is 4. The van der Waals surface area contributed by atoms with Gasteiger partial charge >= 0.3 is 0 Å². The number of nitrogens with zero attached hydrogens (tertiary/aromatic N) is 1. The van der Waals surface area contributed by atoms with E-state index in [4.69, 9.17) is 102 Å². The SMILES string of the molecule is CCOc1cc2c(cc1OC)CCN(C=O)C2COc1c[nH]c2ccc(OC)cc12.CCOc1ccc(CCN)cc1OC.CCOc1ccc(CCNC(=O)CCl)cc1OC.CCOc1ccc(CCNC(=O)COc2c[nH]c3ccc(OC)cc23)cc1OC.COc1ccc2c(c1)C(O)=CC2.O=C(Cl)CCl. The van der Waals surface area contributed by atoms with E-state index in [-0.39, 0.29) is 36.2 Å². The Morgan fingerprint density at radius 3 is 1.43 bits per heavy atom. The molecule has 11 rings (SSSR count). The Morgan fingerprint density at radius 2 is 0.972 bits per heavy atom. The zero-order valence-corrected chi connectivity index (χ0v) is 65.3. The number of ether oxygens (including phenoxy) is 13. The van der Waals surface area contributed by atoms with Gasteiger partial charge in [0.05, 0.1) is 88.1 Å². The molecule has 2 aliphatic rings. The number of methoxy groups -OCH3 is 7. The van der Waals surface area contributed by atoms with Crippen LogP contribution < -0.4 is 77.9 Å². The number of rotatable bonds is 32. The standard InChI is InChI=1S/C23H26N2O5.C22H26N2O5.C13H18ClNO3.C11H17NO2.C10H10O2.C2H2Cl2O/c1-4-29-22-11-17-15(9-21(22)28-3)7-8-25(14-26)20(17)13-30-23-12-24-19-6-5-16(27-2)10-18(19)23;1-4-28-19-8-5-15(11-20(19)27-3)9-10-23-22(25)14-29-21-13-24-18-7-6-16(26-2)12-17(18)21;1-3-18-11-5-4-10(8-12(11)17-2)6-7-15-13(16)9-14;1-3-14-10-5-4-9(6-7-12)8-11(10)13-2;1-12-8-4-2-7-3-5-10(11)9(7)6-8;3-1-2(4)5/h5-6,9-12,14,20,24H,4,7-8,13H2,1-3H3;5-8,11-13,24H,4,9-10,14H2,1-3H3,(H,23,25);4-5,8H,3,6-7,9H2,1-2H3,(H,15,16);4-5,8H,3,6-7,12H2,1-2H3;2,4-6,11H,3H2,1H3;1H2. The highest BCUT2D eigenvalue weighted by atomic mass is 35.5. The van der Waals surface area contributed by atoms with Crippen molar-refractivity contribution >= 4 is 85.8 Å². The lowest BCUT2D eigenvalue weighted by Gasteiger charge is -2.35. The van der Waals surface area contributed by atoms with Crippen LogP contribution in [0.1, 0.15) is 72.7 Å². The Balaban J connectivity index is 0.000000216. The molecule has 582 valence electrons. The molecule has 9 aromatic rings. The molecular weight excluding hydrogens is 1450 g/mol. The molecular formula is C81H99Cl3N6O18. The summed E-state index contributed by atoms with van der Waals surface area (Å²) in [6.07, 6.45) is 10.1. The number of H-pyrrole nitrogens is 2.